The normalized spacial score (nSPS) is 18.3. The molecule has 2 rings (SSSR count). The monoisotopic (exact) mass is 249 g/mol. The number of ether oxygens (including phenoxy) is 1. The van der Waals surface area contributed by atoms with Gasteiger partial charge >= 0.3 is 0 Å². The minimum Gasteiger partial charge on any atom is -0.497 e. The van der Waals surface area contributed by atoms with Crippen molar-refractivity contribution in [3.05, 3.63) is 24.3 Å². The molecular formula is C12H15N3O3. The van der Waals surface area contributed by atoms with Crippen LogP contribution in [0.15, 0.2) is 24.3 Å². The first-order chi connectivity index (χ1) is 8.69. The van der Waals surface area contributed by atoms with Crippen molar-refractivity contribution in [3.8, 4) is 5.75 Å². The lowest BCUT2D eigenvalue weighted by atomic mass is 10.1. The Morgan fingerprint density at radius 1 is 1.44 bits per heavy atom. The van der Waals surface area contributed by atoms with Gasteiger partial charge in [0.2, 0.25) is 11.8 Å². The van der Waals surface area contributed by atoms with Crippen LogP contribution in [-0.4, -0.2) is 25.5 Å². The molecule has 1 unspecified atom stereocenters. The zero-order valence-electron chi connectivity index (χ0n) is 10.0. The van der Waals surface area contributed by atoms with E-state index in [0.717, 1.165) is 5.75 Å². The molecule has 3 N–H and O–H groups in total. The molecule has 0 bridgehead atoms. The molecule has 1 atom stereocenters. The van der Waals surface area contributed by atoms with Crippen LogP contribution in [0.25, 0.3) is 0 Å². The SMILES string of the molecule is COc1ccc(NC(=O)CC2CNNC2=O)cc1. The molecule has 0 aliphatic carbocycles. The molecule has 1 heterocycles. The summed E-state index contributed by atoms with van der Waals surface area (Å²) < 4.78 is 5.02. The van der Waals surface area contributed by atoms with E-state index in [2.05, 4.69) is 16.2 Å². The number of carbonyl (C=O) groups is 2. The van der Waals surface area contributed by atoms with Crippen LogP contribution in [0, 0.1) is 5.92 Å². The Bertz CT molecular complexity index is 444. The van der Waals surface area contributed by atoms with Gasteiger partial charge in [-0.15, -0.1) is 0 Å². The summed E-state index contributed by atoms with van der Waals surface area (Å²) in [7, 11) is 1.58. The summed E-state index contributed by atoms with van der Waals surface area (Å²) in [5.74, 6) is 0.111. The first-order valence-electron chi connectivity index (χ1n) is 5.65. The van der Waals surface area contributed by atoms with Gasteiger partial charge in [-0.25, -0.2) is 5.43 Å². The highest BCUT2D eigenvalue weighted by molar-refractivity contribution is 5.94. The van der Waals surface area contributed by atoms with Crippen LogP contribution in [0.5, 0.6) is 5.75 Å². The fraction of sp³-hybridized carbons (Fsp3) is 0.333. The molecule has 0 aromatic heterocycles. The molecule has 6 nitrogen and oxygen atoms in total. The quantitative estimate of drug-likeness (QED) is 0.716. The number of methoxy groups -OCH3 is 1. The van der Waals surface area contributed by atoms with Crippen LogP contribution < -0.4 is 20.9 Å². The molecule has 1 saturated heterocycles. The van der Waals surface area contributed by atoms with E-state index >= 15 is 0 Å². The predicted molar refractivity (Wildman–Crippen MR) is 65.9 cm³/mol. The van der Waals surface area contributed by atoms with Gasteiger partial charge in [0.25, 0.3) is 0 Å². The number of hydrogen-bond donors (Lipinski definition) is 3. The molecule has 2 amide bonds. The van der Waals surface area contributed by atoms with Crippen LogP contribution in [0.4, 0.5) is 5.69 Å². The van der Waals surface area contributed by atoms with Crippen LogP contribution in [0.3, 0.4) is 0 Å². The average molecular weight is 249 g/mol. The largest absolute Gasteiger partial charge is 0.497 e. The zero-order chi connectivity index (χ0) is 13.0. The number of hydrogen-bond acceptors (Lipinski definition) is 4. The fourth-order valence-corrected chi connectivity index (χ4v) is 1.73. The van der Waals surface area contributed by atoms with Crippen molar-refractivity contribution in [2.45, 2.75) is 6.42 Å². The Hall–Kier alpha value is -2.08. The lowest BCUT2D eigenvalue weighted by Gasteiger charge is -2.08. The third-order valence-corrected chi connectivity index (χ3v) is 2.74. The van der Waals surface area contributed by atoms with Gasteiger partial charge in [-0.2, -0.15) is 0 Å². The molecule has 1 aliphatic heterocycles. The summed E-state index contributed by atoms with van der Waals surface area (Å²) >= 11 is 0. The van der Waals surface area contributed by atoms with Gasteiger partial charge in [0.1, 0.15) is 5.75 Å². The Labute approximate surface area is 105 Å². The van der Waals surface area contributed by atoms with E-state index in [0.29, 0.717) is 12.2 Å². The van der Waals surface area contributed by atoms with Crippen molar-refractivity contribution in [2.75, 3.05) is 19.0 Å². The topological polar surface area (TPSA) is 79.5 Å². The average Bonchev–Trinajstić information content (AvgIpc) is 2.76. The second-order valence-corrected chi connectivity index (χ2v) is 4.05. The number of carbonyl (C=O) groups excluding carboxylic acids is 2. The number of nitrogens with one attached hydrogen (secondary N) is 3. The smallest absolute Gasteiger partial charge is 0.239 e. The second-order valence-electron chi connectivity index (χ2n) is 4.05. The van der Waals surface area contributed by atoms with Crippen LogP contribution >= 0.6 is 0 Å². The summed E-state index contributed by atoms with van der Waals surface area (Å²) in [5, 5.41) is 2.74. The van der Waals surface area contributed by atoms with E-state index in [-0.39, 0.29) is 24.2 Å². The molecule has 6 heteroatoms. The maximum atomic E-state index is 11.7. The van der Waals surface area contributed by atoms with Crippen LogP contribution in [-0.2, 0) is 9.59 Å². The van der Waals surface area contributed by atoms with Crippen LogP contribution in [0.1, 0.15) is 6.42 Å². The lowest BCUT2D eigenvalue weighted by molar-refractivity contribution is -0.126. The molecule has 96 valence electrons. The second kappa shape index (κ2) is 5.50. The molecule has 1 aromatic rings. The van der Waals surface area contributed by atoms with Gasteiger partial charge in [0, 0.05) is 18.7 Å². The number of benzene rings is 1. The Morgan fingerprint density at radius 2 is 2.17 bits per heavy atom. The lowest BCUT2D eigenvalue weighted by Crippen LogP contribution is -2.27. The van der Waals surface area contributed by atoms with Gasteiger partial charge in [0.15, 0.2) is 0 Å². The van der Waals surface area contributed by atoms with E-state index < -0.39 is 0 Å². The molecule has 0 saturated carbocycles. The van der Waals surface area contributed by atoms with Gasteiger partial charge in [-0.05, 0) is 24.3 Å². The number of amides is 2. The van der Waals surface area contributed by atoms with Crippen molar-refractivity contribution in [1.29, 1.82) is 0 Å². The first kappa shape index (κ1) is 12.4. The highest BCUT2D eigenvalue weighted by atomic mass is 16.5. The Balaban J connectivity index is 1.88. The summed E-state index contributed by atoms with van der Waals surface area (Å²) in [6.45, 7) is 0.481. The summed E-state index contributed by atoms with van der Waals surface area (Å²) in [4.78, 5) is 23.0. The third kappa shape index (κ3) is 2.98. The van der Waals surface area contributed by atoms with E-state index in [1.165, 1.54) is 0 Å². The number of anilines is 1. The van der Waals surface area contributed by atoms with Crippen molar-refractivity contribution in [1.82, 2.24) is 10.9 Å². The number of hydrazine groups is 1. The molecule has 1 fully saturated rings. The first-order valence-corrected chi connectivity index (χ1v) is 5.65. The van der Waals surface area contributed by atoms with E-state index in [1.807, 2.05) is 0 Å². The predicted octanol–water partition coefficient (Wildman–Crippen LogP) is 0.274. The minimum absolute atomic E-state index is 0.139. The molecule has 1 aliphatic rings. The number of rotatable bonds is 4. The zero-order valence-corrected chi connectivity index (χ0v) is 10.0. The van der Waals surface area contributed by atoms with Crippen molar-refractivity contribution < 1.29 is 14.3 Å². The van der Waals surface area contributed by atoms with Crippen molar-refractivity contribution >= 4 is 17.5 Å². The fourth-order valence-electron chi connectivity index (χ4n) is 1.73. The summed E-state index contributed by atoms with van der Waals surface area (Å²) in [6, 6.07) is 7.03. The maximum Gasteiger partial charge on any atom is 0.239 e. The summed E-state index contributed by atoms with van der Waals surface area (Å²) in [6.07, 6.45) is 0.171. The van der Waals surface area contributed by atoms with E-state index in [9.17, 15) is 9.59 Å². The maximum absolute atomic E-state index is 11.7. The van der Waals surface area contributed by atoms with Crippen molar-refractivity contribution in [2.24, 2.45) is 5.92 Å². The highest BCUT2D eigenvalue weighted by Gasteiger charge is 2.26. The van der Waals surface area contributed by atoms with Crippen molar-refractivity contribution in [3.63, 3.8) is 0 Å². The summed E-state index contributed by atoms with van der Waals surface area (Å²) in [5.41, 5.74) is 5.87. The van der Waals surface area contributed by atoms with Gasteiger partial charge in [0.05, 0.1) is 13.0 Å². The van der Waals surface area contributed by atoms with Crippen LogP contribution in [0.2, 0.25) is 0 Å². The highest BCUT2D eigenvalue weighted by Crippen LogP contribution is 2.16. The Kier molecular flexibility index (Phi) is 3.78. The molecule has 18 heavy (non-hydrogen) atoms. The standard InChI is InChI=1S/C12H15N3O3/c1-18-10-4-2-9(3-5-10)14-11(16)6-8-7-13-15-12(8)17/h2-5,8,13H,6-7H2,1H3,(H,14,16)(H,15,17). The van der Waals surface area contributed by atoms with E-state index in [4.69, 9.17) is 4.74 Å². The minimum atomic E-state index is -0.303. The molecule has 1 aromatic carbocycles. The van der Waals surface area contributed by atoms with Gasteiger partial charge in [-0.1, -0.05) is 0 Å². The molecular weight excluding hydrogens is 234 g/mol. The molecule has 0 radical (unpaired) electrons. The van der Waals surface area contributed by atoms with E-state index in [1.54, 1.807) is 31.4 Å². The Morgan fingerprint density at radius 3 is 2.72 bits per heavy atom. The van der Waals surface area contributed by atoms with Gasteiger partial charge in [-0.3, -0.25) is 15.0 Å². The van der Waals surface area contributed by atoms with Gasteiger partial charge < -0.3 is 10.1 Å². The molecule has 0 spiro atoms. The third-order valence-electron chi connectivity index (χ3n) is 2.74.